The summed E-state index contributed by atoms with van der Waals surface area (Å²) in [6.07, 6.45) is 0. The van der Waals surface area contributed by atoms with E-state index < -0.39 is 28.5 Å². The van der Waals surface area contributed by atoms with Gasteiger partial charge in [0.1, 0.15) is 12.6 Å². The van der Waals surface area contributed by atoms with Gasteiger partial charge >= 0.3 is 0 Å². The molecule has 0 aliphatic heterocycles. The Hall–Kier alpha value is -3.65. The lowest BCUT2D eigenvalue weighted by molar-refractivity contribution is -0.139. The number of nitrogens with zero attached hydrogens (tertiary/aromatic N) is 2. The zero-order valence-electron chi connectivity index (χ0n) is 24.6. The summed E-state index contributed by atoms with van der Waals surface area (Å²) in [5.74, 6) is -0.505. The Labute approximate surface area is 239 Å². The minimum Gasteiger partial charge on any atom is -0.354 e. The molecule has 1 atom stereocenters. The molecule has 1 N–H and O–H groups in total. The van der Waals surface area contributed by atoms with Crippen molar-refractivity contribution in [2.75, 3.05) is 17.4 Å². The summed E-state index contributed by atoms with van der Waals surface area (Å²) in [5, 5.41) is 2.91. The van der Waals surface area contributed by atoms with Crippen molar-refractivity contribution in [2.45, 2.75) is 65.9 Å². The lowest BCUT2D eigenvalue weighted by Crippen LogP contribution is -2.51. The van der Waals surface area contributed by atoms with E-state index >= 15 is 0 Å². The number of aryl methyl sites for hydroxylation is 4. The van der Waals surface area contributed by atoms with Crippen molar-refractivity contribution >= 4 is 27.5 Å². The van der Waals surface area contributed by atoms with E-state index in [-0.39, 0.29) is 23.3 Å². The molecule has 3 aromatic carbocycles. The van der Waals surface area contributed by atoms with Crippen molar-refractivity contribution in [3.63, 3.8) is 0 Å². The van der Waals surface area contributed by atoms with Gasteiger partial charge in [0.2, 0.25) is 11.8 Å². The summed E-state index contributed by atoms with van der Waals surface area (Å²) < 4.78 is 29.2. The molecular weight excluding hydrogens is 522 g/mol. The Morgan fingerprint density at radius 1 is 0.800 bits per heavy atom. The molecule has 0 aliphatic carbocycles. The average Bonchev–Trinajstić information content (AvgIpc) is 2.91. The number of amides is 2. The average molecular weight is 564 g/mol. The highest BCUT2D eigenvalue weighted by Gasteiger charge is 2.33. The second-order valence-corrected chi connectivity index (χ2v) is 12.8. The number of nitrogens with one attached hydrogen (secondary N) is 1. The van der Waals surface area contributed by atoms with Gasteiger partial charge in [0.15, 0.2) is 0 Å². The molecule has 40 heavy (non-hydrogen) atoms. The Kier molecular flexibility index (Phi) is 10.1. The second kappa shape index (κ2) is 13.1. The Morgan fingerprint density at radius 3 is 1.93 bits per heavy atom. The van der Waals surface area contributed by atoms with Crippen LogP contribution in [0.3, 0.4) is 0 Å². The first-order valence-electron chi connectivity index (χ1n) is 13.6. The van der Waals surface area contributed by atoms with Crippen molar-refractivity contribution in [2.24, 2.45) is 5.92 Å². The topological polar surface area (TPSA) is 86.8 Å². The number of sulfonamides is 1. The van der Waals surface area contributed by atoms with Gasteiger partial charge in [-0.3, -0.25) is 13.9 Å². The molecule has 0 saturated carbocycles. The largest absolute Gasteiger partial charge is 0.354 e. The van der Waals surface area contributed by atoms with E-state index in [1.165, 1.54) is 9.21 Å². The number of hydrogen-bond acceptors (Lipinski definition) is 4. The fourth-order valence-corrected chi connectivity index (χ4v) is 5.73. The molecule has 3 rings (SSSR count). The van der Waals surface area contributed by atoms with Crippen LogP contribution in [0.1, 0.15) is 48.6 Å². The van der Waals surface area contributed by atoms with Crippen molar-refractivity contribution in [1.29, 1.82) is 0 Å². The summed E-state index contributed by atoms with van der Waals surface area (Å²) in [6, 6.07) is 19.0. The minimum atomic E-state index is -4.10. The van der Waals surface area contributed by atoms with Crippen LogP contribution < -0.4 is 9.62 Å². The van der Waals surface area contributed by atoms with Crippen LogP contribution in [0.2, 0.25) is 0 Å². The highest BCUT2D eigenvalue weighted by molar-refractivity contribution is 7.92. The first-order chi connectivity index (χ1) is 18.8. The van der Waals surface area contributed by atoms with Gasteiger partial charge in [-0.1, -0.05) is 73.5 Å². The lowest BCUT2D eigenvalue weighted by Gasteiger charge is -2.32. The standard InChI is InChI=1S/C32H41N3O4S/c1-22(2)19-33-32(37)27(7)34(20-28-14-9-23(3)10-15-28)31(36)21-35(30-18-25(5)8-13-26(30)6)40(38,39)29-16-11-24(4)12-17-29/h8-18,22,27H,19-21H2,1-7H3,(H,33,37). The third-order valence-corrected chi connectivity index (χ3v) is 8.62. The van der Waals surface area contributed by atoms with Crippen molar-refractivity contribution in [3.8, 4) is 0 Å². The summed E-state index contributed by atoms with van der Waals surface area (Å²) in [4.78, 5) is 28.7. The molecule has 0 aromatic heterocycles. The van der Waals surface area contributed by atoms with E-state index in [1.54, 1.807) is 37.3 Å². The maximum absolute atomic E-state index is 14.1. The SMILES string of the molecule is Cc1ccc(CN(C(=O)CN(c2cc(C)ccc2C)S(=O)(=O)c2ccc(C)cc2)C(C)C(=O)NCC(C)C)cc1. The number of carbonyl (C=O) groups excluding carboxylic acids is 2. The quantitative estimate of drug-likeness (QED) is 0.343. The normalized spacial score (nSPS) is 12.2. The predicted octanol–water partition coefficient (Wildman–Crippen LogP) is 5.31. The van der Waals surface area contributed by atoms with Crippen LogP contribution in [0.5, 0.6) is 0 Å². The fraction of sp³-hybridized carbons (Fsp3) is 0.375. The molecule has 0 radical (unpaired) electrons. The van der Waals surface area contributed by atoms with Crippen LogP contribution in [0, 0.1) is 33.6 Å². The number of hydrogen-bond donors (Lipinski definition) is 1. The van der Waals surface area contributed by atoms with Gasteiger partial charge in [0, 0.05) is 13.1 Å². The summed E-state index contributed by atoms with van der Waals surface area (Å²) in [5.41, 5.74) is 4.88. The molecule has 0 spiro atoms. The van der Waals surface area contributed by atoms with Gasteiger partial charge in [0.25, 0.3) is 10.0 Å². The Bertz CT molecular complexity index is 1430. The van der Waals surface area contributed by atoms with Crippen LogP contribution in [0.4, 0.5) is 5.69 Å². The highest BCUT2D eigenvalue weighted by Crippen LogP contribution is 2.28. The van der Waals surface area contributed by atoms with Crippen LogP contribution in [0.15, 0.2) is 71.6 Å². The molecule has 7 nitrogen and oxygen atoms in total. The Balaban J connectivity index is 2.05. The summed E-state index contributed by atoms with van der Waals surface area (Å²) in [7, 11) is -4.10. The van der Waals surface area contributed by atoms with Gasteiger partial charge in [-0.2, -0.15) is 0 Å². The first-order valence-corrected chi connectivity index (χ1v) is 15.0. The molecule has 214 valence electrons. The van der Waals surface area contributed by atoms with E-state index in [4.69, 9.17) is 0 Å². The zero-order chi connectivity index (χ0) is 29.6. The lowest BCUT2D eigenvalue weighted by atomic mass is 10.1. The number of benzene rings is 3. The molecule has 8 heteroatoms. The van der Waals surface area contributed by atoms with Crippen molar-refractivity contribution < 1.29 is 18.0 Å². The summed E-state index contributed by atoms with van der Waals surface area (Å²) >= 11 is 0. The number of anilines is 1. The third kappa shape index (κ3) is 7.72. The van der Waals surface area contributed by atoms with Gasteiger partial charge < -0.3 is 10.2 Å². The Morgan fingerprint density at radius 2 is 1.35 bits per heavy atom. The molecule has 0 fully saturated rings. The van der Waals surface area contributed by atoms with Crippen LogP contribution >= 0.6 is 0 Å². The van der Waals surface area contributed by atoms with E-state index in [1.807, 2.05) is 77.9 Å². The van der Waals surface area contributed by atoms with Crippen molar-refractivity contribution in [3.05, 3.63) is 94.5 Å². The van der Waals surface area contributed by atoms with Crippen molar-refractivity contribution in [1.82, 2.24) is 10.2 Å². The van der Waals surface area contributed by atoms with Gasteiger partial charge in [-0.05, 0) is 75.4 Å². The van der Waals surface area contributed by atoms with Crippen LogP contribution in [-0.2, 0) is 26.2 Å². The maximum Gasteiger partial charge on any atom is 0.264 e. The number of rotatable bonds is 11. The van der Waals surface area contributed by atoms with E-state index in [2.05, 4.69) is 5.32 Å². The zero-order valence-corrected chi connectivity index (χ0v) is 25.4. The van der Waals surface area contributed by atoms with Gasteiger partial charge in [0.05, 0.1) is 10.6 Å². The molecule has 1 unspecified atom stereocenters. The molecule has 0 aliphatic rings. The molecule has 2 amide bonds. The molecule has 0 saturated heterocycles. The second-order valence-electron chi connectivity index (χ2n) is 10.9. The van der Waals surface area contributed by atoms with Gasteiger partial charge in [-0.15, -0.1) is 0 Å². The van der Waals surface area contributed by atoms with E-state index in [0.29, 0.717) is 12.2 Å². The predicted molar refractivity (Wildman–Crippen MR) is 161 cm³/mol. The summed E-state index contributed by atoms with van der Waals surface area (Å²) in [6.45, 7) is 13.4. The molecule has 3 aromatic rings. The fourth-order valence-electron chi connectivity index (χ4n) is 4.26. The third-order valence-electron chi connectivity index (χ3n) is 6.85. The minimum absolute atomic E-state index is 0.0969. The maximum atomic E-state index is 14.1. The van der Waals surface area contributed by atoms with Crippen LogP contribution in [0.25, 0.3) is 0 Å². The molecule has 0 heterocycles. The molecular formula is C32H41N3O4S. The van der Waals surface area contributed by atoms with Crippen LogP contribution in [-0.4, -0.2) is 44.3 Å². The molecule has 0 bridgehead atoms. The number of carbonyl (C=O) groups is 2. The van der Waals surface area contributed by atoms with E-state index in [0.717, 1.165) is 27.8 Å². The smallest absolute Gasteiger partial charge is 0.264 e. The van der Waals surface area contributed by atoms with E-state index in [9.17, 15) is 18.0 Å². The first kappa shape index (κ1) is 30.9. The highest BCUT2D eigenvalue weighted by atomic mass is 32.2. The van der Waals surface area contributed by atoms with Gasteiger partial charge in [-0.25, -0.2) is 8.42 Å². The monoisotopic (exact) mass is 563 g/mol.